The normalized spacial score (nSPS) is 20.4. The monoisotopic (exact) mass is 502 g/mol. The number of allylic oxidation sites excluding steroid dienone is 3. The molecule has 0 bridgehead atoms. The molecule has 0 spiro atoms. The summed E-state index contributed by atoms with van der Waals surface area (Å²) in [4.78, 5) is 29.7. The number of amides is 2. The van der Waals surface area contributed by atoms with E-state index in [1.807, 2.05) is 38.4 Å². The third kappa shape index (κ3) is 10.4. The van der Waals surface area contributed by atoms with Crippen LogP contribution in [0.25, 0.3) is 0 Å². The lowest BCUT2D eigenvalue weighted by molar-refractivity contribution is -0.113. The standard InChI is InChI=1S/C28H50N6O2/c1-7-9-10-16-33(15-8-2)21-30-18-22(3)27(29-6)23(4)24(5)31-28(35)32-26-19-34(36-20-26)17-14-25-12-11-13-25/h18,21,25-26H,7-17,19-20H2,1-6H3,(H2,31,32,35)/b22-18+,24-23+,29-27-,30-21+/t26-/m1/s1. The van der Waals surface area contributed by atoms with Crippen molar-refractivity contribution in [3.05, 3.63) is 23.0 Å². The van der Waals surface area contributed by atoms with Gasteiger partial charge in [-0.05, 0) is 57.1 Å². The smallest absolute Gasteiger partial charge is 0.319 e. The van der Waals surface area contributed by atoms with Crippen LogP contribution in [0, 0.1) is 5.92 Å². The number of carbonyl (C=O) groups is 1. The zero-order valence-electron chi connectivity index (χ0n) is 23.6. The molecule has 1 heterocycles. The highest BCUT2D eigenvalue weighted by atomic mass is 16.7. The third-order valence-corrected chi connectivity index (χ3v) is 7.10. The quantitative estimate of drug-likeness (QED) is 0.181. The molecule has 0 unspecified atom stereocenters. The molecule has 2 amide bonds. The van der Waals surface area contributed by atoms with Gasteiger partial charge in [0.2, 0.25) is 0 Å². The highest BCUT2D eigenvalue weighted by molar-refractivity contribution is 6.12. The van der Waals surface area contributed by atoms with E-state index in [0.717, 1.165) is 61.1 Å². The molecule has 2 N–H and O–H groups in total. The molecule has 2 rings (SSSR count). The van der Waals surface area contributed by atoms with Gasteiger partial charge in [0.05, 0.1) is 24.7 Å². The molecule has 1 saturated carbocycles. The number of urea groups is 1. The van der Waals surface area contributed by atoms with Crippen molar-refractivity contribution in [2.24, 2.45) is 15.9 Å². The first kappa shape index (κ1) is 30.0. The molecule has 0 aromatic heterocycles. The molecule has 36 heavy (non-hydrogen) atoms. The van der Waals surface area contributed by atoms with Gasteiger partial charge in [-0.1, -0.05) is 46.0 Å². The number of aliphatic imine (C=N–C) groups is 2. The van der Waals surface area contributed by atoms with Crippen molar-refractivity contribution < 1.29 is 9.63 Å². The van der Waals surface area contributed by atoms with Crippen molar-refractivity contribution >= 4 is 18.1 Å². The van der Waals surface area contributed by atoms with E-state index in [-0.39, 0.29) is 12.1 Å². The van der Waals surface area contributed by atoms with E-state index in [4.69, 9.17) is 4.84 Å². The first-order chi connectivity index (χ1) is 17.4. The van der Waals surface area contributed by atoms with Crippen molar-refractivity contribution in [1.29, 1.82) is 0 Å². The molecule has 0 radical (unpaired) electrons. The predicted molar refractivity (Wildman–Crippen MR) is 150 cm³/mol. The molecule has 0 aromatic carbocycles. The second kappa shape index (κ2) is 16.5. The zero-order valence-corrected chi connectivity index (χ0v) is 23.6. The summed E-state index contributed by atoms with van der Waals surface area (Å²) < 4.78 is 0. The lowest BCUT2D eigenvalue weighted by Gasteiger charge is -2.26. The first-order valence-corrected chi connectivity index (χ1v) is 13.9. The number of hydrogen-bond donors (Lipinski definition) is 2. The van der Waals surface area contributed by atoms with Crippen molar-refractivity contribution in [1.82, 2.24) is 20.6 Å². The lowest BCUT2D eigenvalue weighted by Crippen LogP contribution is -2.44. The summed E-state index contributed by atoms with van der Waals surface area (Å²) in [7, 11) is 1.77. The van der Waals surface area contributed by atoms with Gasteiger partial charge in [0.25, 0.3) is 0 Å². The van der Waals surface area contributed by atoms with Crippen LogP contribution in [0.4, 0.5) is 4.79 Å². The molecular weight excluding hydrogens is 452 g/mol. The first-order valence-electron chi connectivity index (χ1n) is 13.9. The lowest BCUT2D eigenvalue weighted by atomic mass is 9.83. The highest BCUT2D eigenvalue weighted by Crippen LogP contribution is 2.29. The Bertz CT molecular complexity index is 800. The minimum absolute atomic E-state index is 0.00169. The minimum atomic E-state index is -0.210. The SMILES string of the molecule is CCCCCN(/C=N/C=C(C)/C(=N/C)C(/C)=C(\C)NC(=O)N[C@H]1CON(CCC2CCC2)C1)CCC. The molecule has 204 valence electrons. The van der Waals surface area contributed by atoms with E-state index >= 15 is 0 Å². The van der Waals surface area contributed by atoms with Gasteiger partial charge in [-0.25, -0.2) is 9.79 Å². The van der Waals surface area contributed by atoms with Crippen LogP contribution in [-0.4, -0.2) is 73.9 Å². The van der Waals surface area contributed by atoms with Crippen LogP contribution in [0.15, 0.2) is 33.0 Å². The van der Waals surface area contributed by atoms with Gasteiger partial charge in [-0.3, -0.25) is 9.83 Å². The number of hydroxylamine groups is 2. The van der Waals surface area contributed by atoms with Gasteiger partial charge < -0.3 is 15.5 Å². The van der Waals surface area contributed by atoms with Gasteiger partial charge in [0, 0.05) is 45.1 Å². The fraction of sp³-hybridized carbons (Fsp3) is 0.750. The van der Waals surface area contributed by atoms with Gasteiger partial charge in [-0.2, -0.15) is 5.06 Å². The number of nitrogens with zero attached hydrogens (tertiary/aromatic N) is 4. The Kier molecular flexibility index (Phi) is 13.8. The van der Waals surface area contributed by atoms with Crippen LogP contribution < -0.4 is 10.6 Å². The summed E-state index contributed by atoms with van der Waals surface area (Å²) in [6.45, 7) is 14.6. The van der Waals surface area contributed by atoms with Gasteiger partial charge >= 0.3 is 6.03 Å². The Morgan fingerprint density at radius 2 is 1.92 bits per heavy atom. The predicted octanol–water partition coefficient (Wildman–Crippen LogP) is 5.29. The summed E-state index contributed by atoms with van der Waals surface area (Å²) in [5.74, 6) is 0.860. The zero-order chi connectivity index (χ0) is 26.3. The molecule has 8 nitrogen and oxygen atoms in total. The fourth-order valence-electron chi connectivity index (χ4n) is 4.58. The summed E-state index contributed by atoms with van der Waals surface area (Å²) in [5.41, 5.74) is 3.50. The molecule has 1 saturated heterocycles. The third-order valence-electron chi connectivity index (χ3n) is 7.10. The van der Waals surface area contributed by atoms with Gasteiger partial charge in [-0.15, -0.1) is 0 Å². The second-order valence-corrected chi connectivity index (χ2v) is 10.2. The minimum Gasteiger partial charge on any atom is -0.363 e. The van der Waals surface area contributed by atoms with E-state index in [1.165, 1.54) is 44.9 Å². The maximum atomic E-state index is 12.6. The maximum absolute atomic E-state index is 12.6. The molecule has 1 aliphatic heterocycles. The highest BCUT2D eigenvalue weighted by Gasteiger charge is 2.26. The maximum Gasteiger partial charge on any atom is 0.319 e. The summed E-state index contributed by atoms with van der Waals surface area (Å²) >= 11 is 0. The number of carbonyl (C=O) groups excluding carboxylic acids is 1. The van der Waals surface area contributed by atoms with Crippen LogP contribution in [0.2, 0.25) is 0 Å². The van der Waals surface area contributed by atoms with Crippen molar-refractivity contribution in [3.8, 4) is 0 Å². The average molecular weight is 503 g/mol. The molecule has 0 aromatic rings. The number of unbranched alkanes of at least 4 members (excludes halogenated alkanes) is 2. The summed E-state index contributed by atoms with van der Waals surface area (Å²) in [6, 6.07) is -0.211. The van der Waals surface area contributed by atoms with E-state index in [0.29, 0.717) is 6.61 Å². The number of hydrogen-bond acceptors (Lipinski definition) is 5. The Morgan fingerprint density at radius 3 is 2.56 bits per heavy atom. The Labute approximate surface area is 219 Å². The van der Waals surface area contributed by atoms with Crippen LogP contribution in [-0.2, 0) is 4.84 Å². The number of nitrogens with one attached hydrogen (secondary N) is 2. The van der Waals surface area contributed by atoms with Crippen LogP contribution >= 0.6 is 0 Å². The molecule has 2 aliphatic rings. The van der Waals surface area contributed by atoms with E-state index in [9.17, 15) is 4.79 Å². The van der Waals surface area contributed by atoms with Crippen molar-refractivity contribution in [3.63, 3.8) is 0 Å². The van der Waals surface area contributed by atoms with Crippen molar-refractivity contribution in [2.45, 2.75) is 92.0 Å². The van der Waals surface area contributed by atoms with Crippen LogP contribution in [0.5, 0.6) is 0 Å². The Hall–Kier alpha value is -2.19. The largest absolute Gasteiger partial charge is 0.363 e. The Balaban J connectivity index is 1.86. The van der Waals surface area contributed by atoms with E-state index in [2.05, 4.69) is 39.4 Å². The van der Waals surface area contributed by atoms with Crippen LogP contribution in [0.3, 0.4) is 0 Å². The summed E-state index contributed by atoms with van der Waals surface area (Å²) in [6.07, 6.45) is 13.8. The average Bonchev–Trinajstić information content (AvgIpc) is 3.25. The molecule has 2 fully saturated rings. The molecule has 1 aliphatic carbocycles. The molecule has 8 heteroatoms. The fourth-order valence-corrected chi connectivity index (χ4v) is 4.58. The second-order valence-electron chi connectivity index (χ2n) is 10.2. The summed E-state index contributed by atoms with van der Waals surface area (Å²) in [5, 5.41) is 8.02. The topological polar surface area (TPSA) is 81.6 Å². The van der Waals surface area contributed by atoms with E-state index < -0.39 is 0 Å². The van der Waals surface area contributed by atoms with E-state index in [1.54, 1.807) is 7.05 Å². The van der Waals surface area contributed by atoms with Crippen LogP contribution in [0.1, 0.15) is 86.0 Å². The van der Waals surface area contributed by atoms with Crippen molar-refractivity contribution in [2.75, 3.05) is 39.8 Å². The molecular formula is C28H50N6O2. The molecule has 1 atom stereocenters. The Morgan fingerprint density at radius 1 is 1.14 bits per heavy atom. The van der Waals surface area contributed by atoms with Gasteiger partial charge in [0.1, 0.15) is 0 Å². The van der Waals surface area contributed by atoms with Gasteiger partial charge in [0.15, 0.2) is 0 Å². The number of rotatable bonds is 15.